The van der Waals surface area contributed by atoms with Crippen LogP contribution >= 0.6 is 35.6 Å². The van der Waals surface area contributed by atoms with Gasteiger partial charge in [-0.1, -0.05) is 18.5 Å². The number of nitrogens with one attached hydrogen (secondary N) is 2. The van der Waals surface area contributed by atoms with Gasteiger partial charge in [-0.2, -0.15) is 0 Å². The molecule has 1 saturated heterocycles. The van der Waals surface area contributed by atoms with Gasteiger partial charge in [-0.25, -0.2) is 4.99 Å². The molecule has 172 valence electrons. The molecule has 1 fully saturated rings. The summed E-state index contributed by atoms with van der Waals surface area (Å²) in [4.78, 5) is 9.77. The standard InChI is InChI=1S/C22H38ClN5O.HI/c1-4-24-22(26-18-19(3)29-21-10-8-20(23)9-11-21)25-12-6-7-13-28-16-14-27(5-2)15-17-28;/h8-11,19H,4-7,12-18H2,1-3H3,(H2,24,25,26);1H. The number of benzene rings is 1. The molecule has 30 heavy (non-hydrogen) atoms. The molecule has 0 radical (unpaired) electrons. The van der Waals surface area contributed by atoms with Crippen molar-refractivity contribution in [1.82, 2.24) is 20.4 Å². The third-order valence-electron chi connectivity index (χ3n) is 5.11. The summed E-state index contributed by atoms with van der Waals surface area (Å²) in [7, 11) is 0. The molecule has 8 heteroatoms. The molecule has 0 bridgehead atoms. The largest absolute Gasteiger partial charge is 0.489 e. The van der Waals surface area contributed by atoms with Crippen LogP contribution in [0, 0.1) is 0 Å². The van der Waals surface area contributed by atoms with E-state index in [-0.39, 0.29) is 30.1 Å². The van der Waals surface area contributed by atoms with Crippen LogP contribution in [0.2, 0.25) is 5.02 Å². The maximum absolute atomic E-state index is 5.91. The maximum atomic E-state index is 5.91. The molecule has 1 aliphatic rings. The molecule has 1 heterocycles. The van der Waals surface area contributed by atoms with Crippen LogP contribution in [0.4, 0.5) is 0 Å². The lowest BCUT2D eigenvalue weighted by atomic mass is 10.2. The van der Waals surface area contributed by atoms with Crippen LogP contribution < -0.4 is 15.4 Å². The zero-order chi connectivity index (χ0) is 20.9. The lowest BCUT2D eigenvalue weighted by molar-refractivity contribution is 0.136. The number of aliphatic imine (C=N–C) groups is 1. The Labute approximate surface area is 204 Å². The molecule has 1 atom stereocenters. The fourth-order valence-corrected chi connectivity index (χ4v) is 3.47. The SMILES string of the molecule is CCNC(=NCC(C)Oc1ccc(Cl)cc1)NCCCCN1CCN(CC)CC1.I. The molecule has 1 aromatic rings. The zero-order valence-electron chi connectivity index (χ0n) is 18.7. The second kappa shape index (κ2) is 15.9. The second-order valence-corrected chi connectivity index (χ2v) is 7.95. The van der Waals surface area contributed by atoms with Crippen LogP contribution in [0.3, 0.4) is 0 Å². The molecular weight excluding hydrogens is 513 g/mol. The van der Waals surface area contributed by atoms with Crippen LogP contribution in [0.5, 0.6) is 5.75 Å². The number of ether oxygens (including phenoxy) is 1. The van der Waals surface area contributed by atoms with Crippen molar-refractivity contribution in [3.05, 3.63) is 29.3 Å². The molecule has 0 aromatic heterocycles. The average molecular weight is 552 g/mol. The van der Waals surface area contributed by atoms with Crippen LogP contribution in [-0.2, 0) is 0 Å². The normalized spacial score (nSPS) is 16.6. The number of guanidine groups is 1. The first kappa shape index (κ1) is 27.3. The number of piperazine rings is 1. The first-order chi connectivity index (χ1) is 14.1. The van der Waals surface area contributed by atoms with E-state index in [4.69, 9.17) is 16.3 Å². The first-order valence-electron chi connectivity index (χ1n) is 11.0. The highest BCUT2D eigenvalue weighted by Gasteiger charge is 2.14. The van der Waals surface area contributed by atoms with Crippen LogP contribution in [-0.4, -0.2) is 80.8 Å². The Balaban J connectivity index is 0.00000450. The van der Waals surface area contributed by atoms with E-state index in [1.165, 1.54) is 45.7 Å². The van der Waals surface area contributed by atoms with Gasteiger partial charge in [-0.05, 0) is 64.0 Å². The van der Waals surface area contributed by atoms with Crippen molar-refractivity contribution in [2.45, 2.75) is 39.7 Å². The Kier molecular flexibility index (Phi) is 14.5. The van der Waals surface area contributed by atoms with Gasteiger partial charge in [0.25, 0.3) is 0 Å². The third-order valence-corrected chi connectivity index (χ3v) is 5.36. The minimum atomic E-state index is -0.00609. The number of likely N-dealkylation sites (N-methyl/N-ethyl adjacent to an activating group) is 1. The quantitative estimate of drug-likeness (QED) is 0.190. The monoisotopic (exact) mass is 551 g/mol. The van der Waals surface area contributed by atoms with Gasteiger partial charge in [0, 0.05) is 44.3 Å². The molecule has 0 aliphatic carbocycles. The van der Waals surface area contributed by atoms with Gasteiger partial charge in [0.05, 0.1) is 6.54 Å². The molecule has 1 unspecified atom stereocenters. The third kappa shape index (κ3) is 11.0. The predicted molar refractivity (Wildman–Crippen MR) is 139 cm³/mol. The maximum Gasteiger partial charge on any atom is 0.191 e. The lowest BCUT2D eigenvalue weighted by Crippen LogP contribution is -2.46. The second-order valence-electron chi connectivity index (χ2n) is 7.51. The summed E-state index contributed by atoms with van der Waals surface area (Å²) in [5.41, 5.74) is 0. The molecule has 1 aromatic carbocycles. The van der Waals surface area contributed by atoms with Crippen molar-refractivity contribution in [3.8, 4) is 5.75 Å². The van der Waals surface area contributed by atoms with Crippen molar-refractivity contribution in [2.75, 3.05) is 58.9 Å². The molecule has 2 N–H and O–H groups in total. The summed E-state index contributed by atoms with van der Waals surface area (Å²) in [6.45, 7) is 15.9. The van der Waals surface area contributed by atoms with E-state index in [1.807, 2.05) is 31.2 Å². The van der Waals surface area contributed by atoms with Crippen LogP contribution in [0.25, 0.3) is 0 Å². The fraction of sp³-hybridized carbons (Fsp3) is 0.682. The van der Waals surface area contributed by atoms with E-state index in [0.717, 1.165) is 31.2 Å². The Morgan fingerprint density at radius 1 is 1.07 bits per heavy atom. The van der Waals surface area contributed by atoms with Crippen molar-refractivity contribution < 1.29 is 4.74 Å². The Hall–Kier alpha value is -0.770. The number of unbranched alkanes of at least 4 members (excludes halogenated alkanes) is 1. The number of nitrogens with zero attached hydrogens (tertiary/aromatic N) is 3. The Morgan fingerprint density at radius 3 is 2.37 bits per heavy atom. The van der Waals surface area contributed by atoms with Gasteiger partial charge in [0.1, 0.15) is 11.9 Å². The highest BCUT2D eigenvalue weighted by atomic mass is 127. The van der Waals surface area contributed by atoms with Gasteiger partial charge in [0.15, 0.2) is 5.96 Å². The number of halogens is 2. The minimum absolute atomic E-state index is 0. The summed E-state index contributed by atoms with van der Waals surface area (Å²) in [6, 6.07) is 7.44. The Bertz CT molecular complexity index is 594. The summed E-state index contributed by atoms with van der Waals surface area (Å²) in [6.07, 6.45) is 2.36. The van der Waals surface area contributed by atoms with E-state index >= 15 is 0 Å². The number of rotatable bonds is 11. The number of hydrogen-bond donors (Lipinski definition) is 2. The van der Waals surface area contributed by atoms with E-state index in [9.17, 15) is 0 Å². The lowest BCUT2D eigenvalue weighted by Gasteiger charge is -2.34. The average Bonchev–Trinajstić information content (AvgIpc) is 2.74. The zero-order valence-corrected chi connectivity index (χ0v) is 21.8. The van der Waals surface area contributed by atoms with Gasteiger partial charge in [0.2, 0.25) is 0 Å². The van der Waals surface area contributed by atoms with E-state index in [2.05, 4.69) is 39.3 Å². The molecule has 0 amide bonds. The summed E-state index contributed by atoms with van der Waals surface area (Å²) in [5.74, 6) is 1.67. The smallest absolute Gasteiger partial charge is 0.191 e. The molecule has 0 spiro atoms. The number of hydrogen-bond acceptors (Lipinski definition) is 4. The minimum Gasteiger partial charge on any atom is -0.489 e. The van der Waals surface area contributed by atoms with Gasteiger partial charge < -0.3 is 25.2 Å². The highest BCUT2D eigenvalue weighted by Crippen LogP contribution is 2.16. The van der Waals surface area contributed by atoms with E-state index in [1.54, 1.807) is 0 Å². The summed E-state index contributed by atoms with van der Waals surface area (Å²) < 4.78 is 5.89. The summed E-state index contributed by atoms with van der Waals surface area (Å²) in [5, 5.41) is 7.46. The molecule has 6 nitrogen and oxygen atoms in total. The van der Waals surface area contributed by atoms with Crippen molar-refractivity contribution in [3.63, 3.8) is 0 Å². The molecule has 0 saturated carbocycles. The topological polar surface area (TPSA) is 52.1 Å². The van der Waals surface area contributed by atoms with E-state index < -0.39 is 0 Å². The molecule has 1 aliphatic heterocycles. The fourth-order valence-electron chi connectivity index (χ4n) is 3.34. The summed E-state index contributed by atoms with van der Waals surface area (Å²) >= 11 is 5.91. The van der Waals surface area contributed by atoms with Crippen molar-refractivity contribution >= 4 is 41.5 Å². The van der Waals surface area contributed by atoms with Crippen molar-refractivity contribution in [1.29, 1.82) is 0 Å². The molecule has 2 rings (SSSR count). The first-order valence-corrected chi connectivity index (χ1v) is 11.4. The van der Waals surface area contributed by atoms with E-state index in [0.29, 0.717) is 11.6 Å². The molecular formula is C22H39ClIN5O. The van der Waals surface area contributed by atoms with Gasteiger partial charge >= 0.3 is 0 Å². The predicted octanol–water partition coefficient (Wildman–Crippen LogP) is 3.70. The van der Waals surface area contributed by atoms with Crippen molar-refractivity contribution in [2.24, 2.45) is 4.99 Å². The van der Waals surface area contributed by atoms with Gasteiger partial charge in [-0.3, -0.25) is 0 Å². The van der Waals surface area contributed by atoms with Crippen LogP contribution in [0.1, 0.15) is 33.6 Å². The highest BCUT2D eigenvalue weighted by molar-refractivity contribution is 14.0. The Morgan fingerprint density at radius 2 is 1.73 bits per heavy atom. The van der Waals surface area contributed by atoms with Gasteiger partial charge in [-0.15, -0.1) is 24.0 Å². The van der Waals surface area contributed by atoms with Crippen LogP contribution in [0.15, 0.2) is 29.3 Å².